The molecule has 1 aromatic carbocycles. The first-order valence-electron chi connectivity index (χ1n) is 9.63. The highest BCUT2D eigenvalue weighted by Gasteiger charge is 2.21. The van der Waals surface area contributed by atoms with E-state index in [1.54, 1.807) is 0 Å². The van der Waals surface area contributed by atoms with E-state index >= 15 is 0 Å². The summed E-state index contributed by atoms with van der Waals surface area (Å²) < 4.78 is 5.51. The van der Waals surface area contributed by atoms with Crippen LogP contribution in [-0.4, -0.2) is 41.3 Å². The lowest BCUT2D eigenvalue weighted by atomic mass is 10.0. The second-order valence-electron chi connectivity index (χ2n) is 7.18. The van der Waals surface area contributed by atoms with Gasteiger partial charge >= 0.3 is 0 Å². The summed E-state index contributed by atoms with van der Waals surface area (Å²) in [6, 6.07) is 10.5. The van der Waals surface area contributed by atoms with Gasteiger partial charge in [-0.3, -0.25) is 0 Å². The number of H-pyrrole nitrogens is 1. The van der Waals surface area contributed by atoms with Gasteiger partial charge in [-0.25, -0.2) is 9.97 Å². The zero-order chi connectivity index (χ0) is 18.8. The lowest BCUT2D eigenvalue weighted by Crippen LogP contribution is -2.37. The molecule has 1 aliphatic heterocycles. The lowest BCUT2D eigenvalue weighted by molar-refractivity contribution is 0.122. The van der Waals surface area contributed by atoms with Crippen LogP contribution in [0.2, 0.25) is 0 Å². The van der Waals surface area contributed by atoms with Crippen LogP contribution in [0.5, 0.6) is 0 Å². The molecular formula is C21H26N4OS. The molecule has 0 bridgehead atoms. The van der Waals surface area contributed by atoms with E-state index in [0.29, 0.717) is 5.92 Å². The molecule has 2 unspecified atom stereocenters. The zero-order valence-corrected chi connectivity index (χ0v) is 16.7. The van der Waals surface area contributed by atoms with E-state index in [2.05, 4.69) is 54.1 Å². The molecule has 1 N–H and O–H groups in total. The Bertz CT molecular complexity index is 899. The van der Waals surface area contributed by atoms with Crippen LogP contribution < -0.4 is 4.90 Å². The van der Waals surface area contributed by atoms with E-state index in [-0.39, 0.29) is 5.25 Å². The molecule has 0 saturated carbocycles. The van der Waals surface area contributed by atoms with Gasteiger partial charge in [0.05, 0.1) is 18.9 Å². The Morgan fingerprint density at radius 2 is 2.00 bits per heavy atom. The van der Waals surface area contributed by atoms with Crippen molar-refractivity contribution in [1.82, 2.24) is 15.0 Å². The van der Waals surface area contributed by atoms with Gasteiger partial charge in [0.1, 0.15) is 5.82 Å². The molecule has 1 saturated heterocycles. The van der Waals surface area contributed by atoms with Gasteiger partial charge in [-0.1, -0.05) is 20.3 Å². The molecule has 0 radical (unpaired) electrons. The molecule has 0 spiro atoms. The van der Waals surface area contributed by atoms with Crippen LogP contribution in [0.15, 0.2) is 36.5 Å². The average Bonchev–Trinajstić information content (AvgIpc) is 3.20. The molecule has 0 aliphatic carbocycles. The van der Waals surface area contributed by atoms with Crippen molar-refractivity contribution in [2.45, 2.75) is 25.5 Å². The Morgan fingerprint density at radius 3 is 2.78 bits per heavy atom. The Kier molecular flexibility index (Phi) is 5.36. The average molecular weight is 383 g/mol. The van der Waals surface area contributed by atoms with E-state index in [1.807, 2.05) is 6.20 Å². The van der Waals surface area contributed by atoms with Gasteiger partial charge in [0, 0.05) is 47.1 Å². The highest BCUT2D eigenvalue weighted by Crippen LogP contribution is 2.33. The van der Waals surface area contributed by atoms with Gasteiger partial charge in [-0.2, -0.15) is 12.6 Å². The van der Waals surface area contributed by atoms with Crippen molar-refractivity contribution in [3.63, 3.8) is 0 Å². The van der Waals surface area contributed by atoms with Crippen LogP contribution in [0.25, 0.3) is 22.3 Å². The Hall–Kier alpha value is -2.05. The predicted molar refractivity (Wildman–Crippen MR) is 114 cm³/mol. The summed E-state index contributed by atoms with van der Waals surface area (Å²) in [6.07, 6.45) is 3.02. The van der Waals surface area contributed by atoms with Crippen molar-refractivity contribution in [2.24, 2.45) is 5.92 Å². The fourth-order valence-electron chi connectivity index (χ4n) is 3.39. The maximum absolute atomic E-state index is 5.51. The number of nitrogens with one attached hydrogen (secondary N) is 1. The summed E-state index contributed by atoms with van der Waals surface area (Å²) in [5.74, 6) is 2.18. The molecule has 3 heterocycles. The van der Waals surface area contributed by atoms with Gasteiger partial charge < -0.3 is 14.6 Å². The molecule has 6 heteroatoms. The van der Waals surface area contributed by atoms with E-state index < -0.39 is 0 Å². The highest BCUT2D eigenvalue weighted by molar-refractivity contribution is 7.80. The monoisotopic (exact) mass is 382 g/mol. The highest BCUT2D eigenvalue weighted by atomic mass is 32.1. The fraction of sp³-hybridized carbons (Fsp3) is 0.429. The minimum atomic E-state index is 0.0903. The van der Waals surface area contributed by atoms with Gasteiger partial charge in [-0.05, 0) is 30.2 Å². The number of hydrogen-bond acceptors (Lipinski definition) is 5. The second-order valence-corrected chi connectivity index (χ2v) is 7.74. The standard InChI is InChI=1S/C21H26N4OS/c1-3-14(2)20(27)18-13-19(25-8-10-26-11-9-25)24-21(23-18)16-4-5-17-15(12-16)6-7-22-17/h4-7,12-14,20,22,27H,3,8-11H2,1-2H3. The number of morpholine rings is 1. The number of benzene rings is 1. The molecule has 2 atom stereocenters. The summed E-state index contributed by atoms with van der Waals surface area (Å²) in [6.45, 7) is 7.60. The van der Waals surface area contributed by atoms with Crippen LogP contribution >= 0.6 is 12.6 Å². The Balaban J connectivity index is 1.78. The molecule has 2 aromatic heterocycles. The van der Waals surface area contributed by atoms with E-state index in [9.17, 15) is 0 Å². The third-order valence-electron chi connectivity index (χ3n) is 5.36. The van der Waals surface area contributed by atoms with Crippen molar-refractivity contribution in [3.8, 4) is 11.4 Å². The van der Waals surface area contributed by atoms with E-state index in [4.69, 9.17) is 27.3 Å². The first kappa shape index (κ1) is 18.3. The van der Waals surface area contributed by atoms with Crippen molar-refractivity contribution >= 4 is 29.3 Å². The number of thiol groups is 1. The summed E-state index contributed by atoms with van der Waals surface area (Å²) in [7, 11) is 0. The van der Waals surface area contributed by atoms with Crippen molar-refractivity contribution in [1.29, 1.82) is 0 Å². The predicted octanol–water partition coefficient (Wildman–Crippen LogP) is 4.48. The molecular weight excluding hydrogens is 356 g/mol. The first-order chi connectivity index (χ1) is 13.2. The number of aromatic nitrogens is 3. The molecule has 1 fully saturated rings. The number of aromatic amines is 1. The van der Waals surface area contributed by atoms with Crippen LogP contribution in [0, 0.1) is 5.92 Å². The van der Waals surface area contributed by atoms with Gasteiger partial charge in [0.25, 0.3) is 0 Å². The molecule has 4 rings (SSSR count). The van der Waals surface area contributed by atoms with Crippen molar-refractivity contribution in [3.05, 3.63) is 42.2 Å². The largest absolute Gasteiger partial charge is 0.378 e. The fourth-order valence-corrected chi connectivity index (χ4v) is 3.74. The smallest absolute Gasteiger partial charge is 0.161 e. The maximum Gasteiger partial charge on any atom is 0.161 e. The van der Waals surface area contributed by atoms with Crippen molar-refractivity contribution in [2.75, 3.05) is 31.2 Å². The number of rotatable bonds is 5. The number of nitrogens with zero attached hydrogens (tertiary/aromatic N) is 3. The van der Waals surface area contributed by atoms with Crippen LogP contribution in [-0.2, 0) is 4.74 Å². The number of anilines is 1. The van der Waals surface area contributed by atoms with E-state index in [0.717, 1.165) is 61.1 Å². The maximum atomic E-state index is 5.51. The van der Waals surface area contributed by atoms with Gasteiger partial charge in [0.2, 0.25) is 0 Å². The Labute approximate surface area is 165 Å². The lowest BCUT2D eigenvalue weighted by Gasteiger charge is -2.29. The third kappa shape index (κ3) is 3.82. The summed E-state index contributed by atoms with van der Waals surface area (Å²) >= 11 is 4.88. The first-order valence-corrected chi connectivity index (χ1v) is 10.1. The van der Waals surface area contributed by atoms with Crippen LogP contribution in [0.4, 0.5) is 5.82 Å². The number of fused-ring (bicyclic) bond motifs is 1. The summed E-state index contributed by atoms with van der Waals surface area (Å²) in [4.78, 5) is 15.3. The second kappa shape index (κ2) is 7.90. The Morgan fingerprint density at radius 1 is 1.19 bits per heavy atom. The quantitative estimate of drug-likeness (QED) is 0.639. The van der Waals surface area contributed by atoms with Gasteiger partial charge in [-0.15, -0.1) is 0 Å². The minimum Gasteiger partial charge on any atom is -0.378 e. The molecule has 27 heavy (non-hydrogen) atoms. The molecule has 3 aromatic rings. The normalized spacial score (nSPS) is 17.2. The zero-order valence-electron chi connectivity index (χ0n) is 15.9. The molecule has 142 valence electrons. The topological polar surface area (TPSA) is 54.0 Å². The summed E-state index contributed by atoms with van der Waals surface area (Å²) in [5.41, 5.74) is 3.14. The SMILES string of the molecule is CCC(C)C(S)c1cc(N2CCOCC2)nc(-c2ccc3[nH]ccc3c2)n1. The molecule has 1 aliphatic rings. The number of ether oxygens (including phenoxy) is 1. The third-order valence-corrected chi connectivity index (χ3v) is 6.14. The van der Waals surface area contributed by atoms with Crippen molar-refractivity contribution < 1.29 is 4.74 Å². The molecule has 0 amide bonds. The van der Waals surface area contributed by atoms with Gasteiger partial charge in [0.15, 0.2) is 5.82 Å². The van der Waals surface area contributed by atoms with Crippen LogP contribution in [0.1, 0.15) is 31.2 Å². The summed E-state index contributed by atoms with van der Waals surface area (Å²) in [5, 5.41) is 1.26. The van der Waals surface area contributed by atoms with E-state index in [1.165, 1.54) is 5.39 Å². The minimum absolute atomic E-state index is 0.0903. The molecule has 5 nitrogen and oxygen atoms in total. The van der Waals surface area contributed by atoms with Crippen LogP contribution in [0.3, 0.4) is 0 Å². The number of hydrogen-bond donors (Lipinski definition) is 2.